The van der Waals surface area contributed by atoms with E-state index in [0.29, 0.717) is 24.4 Å². The molecule has 0 radical (unpaired) electrons. The summed E-state index contributed by atoms with van der Waals surface area (Å²) in [5.41, 5.74) is 4.76. The summed E-state index contributed by atoms with van der Waals surface area (Å²) in [5.74, 6) is 0.431. The second-order valence-electron chi connectivity index (χ2n) is 10.5. The molecule has 1 aromatic heterocycles. The first-order valence-corrected chi connectivity index (χ1v) is 13.4. The summed E-state index contributed by atoms with van der Waals surface area (Å²) >= 11 is 0. The predicted octanol–water partition coefficient (Wildman–Crippen LogP) is 6.47. The topological polar surface area (TPSA) is 84.7 Å². The molecule has 7 nitrogen and oxygen atoms in total. The number of ether oxygens (including phenoxy) is 1. The van der Waals surface area contributed by atoms with Crippen molar-refractivity contribution in [2.24, 2.45) is 5.92 Å². The number of amides is 2. The molecule has 0 saturated carbocycles. The van der Waals surface area contributed by atoms with Crippen LogP contribution in [-0.4, -0.2) is 28.2 Å². The van der Waals surface area contributed by atoms with Crippen molar-refractivity contribution in [1.82, 2.24) is 9.88 Å². The molecule has 40 heavy (non-hydrogen) atoms. The summed E-state index contributed by atoms with van der Waals surface area (Å²) in [6, 6.07) is 19.2. The highest BCUT2D eigenvalue weighted by atomic mass is 19.1. The molecule has 206 valence electrons. The fourth-order valence-corrected chi connectivity index (χ4v) is 4.97. The number of anilines is 1. The molecule has 1 N–H and O–H groups in total. The molecule has 0 bridgehead atoms. The third kappa shape index (κ3) is 6.22. The van der Waals surface area contributed by atoms with E-state index in [0.717, 1.165) is 28.7 Å². The molecule has 2 amide bonds. The van der Waals surface area contributed by atoms with Gasteiger partial charge in [0.25, 0.3) is 5.91 Å². The molecule has 0 saturated heterocycles. The standard InChI is InChI=1S/C32H32FN3O4/c1-20(2)15-30(37)36-14-13-22-9-12-26(17-27(22)31(36)23-7-10-24(33)11-8-23)39-19-29-35-28(18-40-29)32(38)34-25-6-4-5-21(3)16-25/h4-12,16-18,20,31H,13-15,19H2,1-3H3,(H,34,38). The highest BCUT2D eigenvalue weighted by molar-refractivity contribution is 6.02. The Morgan fingerprint density at radius 3 is 2.67 bits per heavy atom. The molecule has 0 fully saturated rings. The van der Waals surface area contributed by atoms with Gasteiger partial charge in [-0.25, -0.2) is 9.37 Å². The van der Waals surface area contributed by atoms with Crippen LogP contribution in [0, 0.1) is 18.7 Å². The van der Waals surface area contributed by atoms with E-state index in [2.05, 4.69) is 10.3 Å². The van der Waals surface area contributed by atoms with Crippen LogP contribution in [0.1, 0.15) is 64.9 Å². The first kappa shape index (κ1) is 27.1. The first-order chi connectivity index (χ1) is 19.3. The van der Waals surface area contributed by atoms with Crippen molar-refractivity contribution in [3.8, 4) is 5.75 Å². The van der Waals surface area contributed by atoms with Gasteiger partial charge in [-0.3, -0.25) is 9.59 Å². The number of benzene rings is 3. The zero-order chi connectivity index (χ0) is 28.2. The highest BCUT2D eigenvalue weighted by Crippen LogP contribution is 2.38. The predicted molar refractivity (Wildman–Crippen MR) is 150 cm³/mol. The van der Waals surface area contributed by atoms with Gasteiger partial charge in [-0.05, 0) is 77.9 Å². The van der Waals surface area contributed by atoms with E-state index in [1.807, 2.05) is 68.1 Å². The minimum Gasteiger partial charge on any atom is -0.484 e. The van der Waals surface area contributed by atoms with Gasteiger partial charge in [0.15, 0.2) is 12.3 Å². The van der Waals surface area contributed by atoms with Gasteiger partial charge in [0.1, 0.15) is 17.8 Å². The third-order valence-corrected chi connectivity index (χ3v) is 6.86. The minimum absolute atomic E-state index is 0.0215. The molecule has 2 heterocycles. The molecule has 5 rings (SSSR count). The van der Waals surface area contributed by atoms with Crippen molar-refractivity contribution < 1.29 is 23.1 Å². The Balaban J connectivity index is 1.33. The van der Waals surface area contributed by atoms with Gasteiger partial charge < -0.3 is 19.4 Å². The summed E-state index contributed by atoms with van der Waals surface area (Å²) in [4.78, 5) is 32.0. The summed E-state index contributed by atoms with van der Waals surface area (Å²) in [7, 11) is 0. The molecule has 4 aromatic rings. The fourth-order valence-electron chi connectivity index (χ4n) is 4.97. The quantitative estimate of drug-likeness (QED) is 0.276. The van der Waals surface area contributed by atoms with Crippen molar-refractivity contribution >= 4 is 17.5 Å². The number of carbonyl (C=O) groups excluding carboxylic acids is 2. The van der Waals surface area contributed by atoms with Crippen LogP contribution in [0.2, 0.25) is 0 Å². The second-order valence-corrected chi connectivity index (χ2v) is 10.5. The summed E-state index contributed by atoms with van der Waals surface area (Å²) in [6.07, 6.45) is 2.46. The molecule has 3 aromatic carbocycles. The SMILES string of the molecule is Cc1cccc(NC(=O)c2coc(COc3ccc4c(c3)C(c3ccc(F)cc3)N(C(=O)CC(C)C)CC4)n2)c1. The number of oxazole rings is 1. The summed E-state index contributed by atoms with van der Waals surface area (Å²) in [5, 5.41) is 2.81. The van der Waals surface area contributed by atoms with E-state index in [4.69, 9.17) is 9.15 Å². The van der Waals surface area contributed by atoms with Crippen LogP contribution in [0.4, 0.5) is 10.1 Å². The summed E-state index contributed by atoms with van der Waals surface area (Å²) in [6.45, 7) is 6.60. The van der Waals surface area contributed by atoms with Crippen LogP contribution in [0.25, 0.3) is 0 Å². The largest absolute Gasteiger partial charge is 0.484 e. The zero-order valence-electron chi connectivity index (χ0n) is 22.8. The fraction of sp³-hybridized carbons (Fsp3) is 0.281. The lowest BCUT2D eigenvalue weighted by atomic mass is 9.87. The van der Waals surface area contributed by atoms with Crippen molar-refractivity contribution in [1.29, 1.82) is 0 Å². The Kier molecular flexibility index (Phi) is 7.96. The molecule has 0 spiro atoms. The van der Waals surface area contributed by atoms with Crippen LogP contribution in [0.5, 0.6) is 5.75 Å². The molecule has 1 unspecified atom stereocenters. The number of aryl methyl sites for hydroxylation is 1. The van der Waals surface area contributed by atoms with Gasteiger partial charge >= 0.3 is 0 Å². The maximum atomic E-state index is 13.7. The molecule has 1 atom stereocenters. The van der Waals surface area contributed by atoms with Gasteiger partial charge in [0, 0.05) is 18.7 Å². The highest BCUT2D eigenvalue weighted by Gasteiger charge is 2.32. The summed E-state index contributed by atoms with van der Waals surface area (Å²) < 4.78 is 25.2. The maximum Gasteiger partial charge on any atom is 0.277 e. The Morgan fingerprint density at radius 1 is 1.12 bits per heavy atom. The van der Waals surface area contributed by atoms with E-state index in [1.54, 1.807) is 12.1 Å². The van der Waals surface area contributed by atoms with Crippen LogP contribution >= 0.6 is 0 Å². The molecular weight excluding hydrogens is 509 g/mol. The van der Waals surface area contributed by atoms with Gasteiger partial charge in [-0.2, -0.15) is 0 Å². The van der Waals surface area contributed by atoms with Gasteiger partial charge in [-0.1, -0.05) is 44.2 Å². The monoisotopic (exact) mass is 541 g/mol. The third-order valence-electron chi connectivity index (χ3n) is 6.86. The van der Waals surface area contributed by atoms with E-state index in [-0.39, 0.29) is 47.8 Å². The lowest BCUT2D eigenvalue weighted by molar-refractivity contribution is -0.134. The normalized spacial score (nSPS) is 14.6. The Hall–Kier alpha value is -4.46. The molecule has 1 aliphatic heterocycles. The van der Waals surface area contributed by atoms with Crippen LogP contribution in [-0.2, 0) is 17.8 Å². The first-order valence-electron chi connectivity index (χ1n) is 13.4. The number of nitrogens with zero attached hydrogens (tertiary/aromatic N) is 2. The van der Waals surface area contributed by atoms with Gasteiger partial charge in [-0.15, -0.1) is 0 Å². The lowest BCUT2D eigenvalue weighted by Crippen LogP contribution is -2.41. The van der Waals surface area contributed by atoms with Crippen molar-refractivity contribution in [2.45, 2.75) is 46.3 Å². The molecular formula is C32H32FN3O4. The van der Waals surface area contributed by atoms with Gasteiger partial charge in [0.05, 0.1) is 6.04 Å². The van der Waals surface area contributed by atoms with Gasteiger partial charge in [0.2, 0.25) is 11.8 Å². The minimum atomic E-state index is -0.373. The Morgan fingerprint density at radius 2 is 1.93 bits per heavy atom. The van der Waals surface area contributed by atoms with Crippen LogP contribution in [0.3, 0.4) is 0 Å². The number of aromatic nitrogens is 1. The van der Waals surface area contributed by atoms with E-state index < -0.39 is 0 Å². The van der Waals surface area contributed by atoms with Crippen molar-refractivity contribution in [3.05, 3.63) is 113 Å². The number of hydrogen-bond acceptors (Lipinski definition) is 5. The number of nitrogens with one attached hydrogen (secondary N) is 1. The number of halogens is 1. The Bertz CT molecular complexity index is 1510. The van der Waals surface area contributed by atoms with Crippen LogP contribution in [0.15, 0.2) is 77.4 Å². The molecule has 8 heteroatoms. The maximum absolute atomic E-state index is 13.7. The molecule has 0 aliphatic carbocycles. The number of hydrogen-bond donors (Lipinski definition) is 1. The van der Waals surface area contributed by atoms with E-state index >= 15 is 0 Å². The zero-order valence-corrected chi connectivity index (χ0v) is 22.8. The number of fused-ring (bicyclic) bond motifs is 1. The number of carbonyl (C=O) groups is 2. The number of rotatable bonds is 8. The van der Waals surface area contributed by atoms with Crippen LogP contribution < -0.4 is 10.1 Å². The average Bonchev–Trinajstić information content (AvgIpc) is 3.41. The van der Waals surface area contributed by atoms with E-state index in [9.17, 15) is 14.0 Å². The lowest BCUT2D eigenvalue weighted by Gasteiger charge is -2.38. The smallest absolute Gasteiger partial charge is 0.277 e. The van der Waals surface area contributed by atoms with Crippen molar-refractivity contribution in [2.75, 3.05) is 11.9 Å². The molecule has 1 aliphatic rings. The van der Waals surface area contributed by atoms with Crippen molar-refractivity contribution in [3.63, 3.8) is 0 Å². The van der Waals surface area contributed by atoms with E-state index in [1.165, 1.54) is 18.4 Å². The average molecular weight is 542 g/mol. The Labute approximate surface area is 233 Å². The second kappa shape index (κ2) is 11.7.